The van der Waals surface area contributed by atoms with Gasteiger partial charge >= 0.3 is 6.18 Å². The van der Waals surface area contributed by atoms with E-state index in [0.717, 1.165) is 11.6 Å². The first-order valence-corrected chi connectivity index (χ1v) is 14.6. The first-order valence-electron chi connectivity index (χ1n) is 13.8. The third-order valence-corrected chi connectivity index (χ3v) is 7.70. The number of carbonyl (C=O) groups excluding carboxylic acids is 1. The van der Waals surface area contributed by atoms with Crippen LogP contribution < -0.4 is 25.2 Å². The number of anilines is 6. The number of aromatic nitrogens is 4. The number of hydrogen-bond donors (Lipinski definition) is 2. The molecule has 0 fully saturated rings. The Balaban J connectivity index is 1.76. The molecule has 0 radical (unpaired) electrons. The van der Waals surface area contributed by atoms with Crippen molar-refractivity contribution in [3.05, 3.63) is 53.0 Å². The number of likely N-dealkylation sites (N-methyl/N-ethyl adjacent to an activating group) is 2. The highest BCUT2D eigenvalue weighted by Crippen LogP contribution is 2.44. The lowest BCUT2D eigenvalue weighted by Crippen LogP contribution is -2.35. The van der Waals surface area contributed by atoms with Crippen LogP contribution in [-0.4, -0.2) is 84.3 Å². The van der Waals surface area contributed by atoms with Crippen LogP contribution >= 0.6 is 15.9 Å². The molecule has 0 spiro atoms. The van der Waals surface area contributed by atoms with Crippen molar-refractivity contribution in [2.75, 3.05) is 67.8 Å². The minimum atomic E-state index is -4.64. The van der Waals surface area contributed by atoms with Crippen LogP contribution in [0.3, 0.4) is 0 Å². The summed E-state index contributed by atoms with van der Waals surface area (Å²) in [5.74, 6) is -0.949. The summed E-state index contributed by atoms with van der Waals surface area (Å²) in [5.41, 5.74) is 1.31. The molecule has 4 rings (SSSR count). The van der Waals surface area contributed by atoms with Crippen molar-refractivity contribution in [1.82, 2.24) is 24.8 Å². The van der Waals surface area contributed by atoms with Crippen molar-refractivity contribution in [3.8, 4) is 5.88 Å². The van der Waals surface area contributed by atoms with Gasteiger partial charge in [-0.15, -0.1) is 0 Å². The zero-order valence-corrected chi connectivity index (χ0v) is 27.1. The lowest BCUT2D eigenvalue weighted by molar-refractivity contribution is -0.153. The van der Waals surface area contributed by atoms with Crippen LogP contribution in [0.15, 0.2) is 41.7 Å². The monoisotopic (exact) mass is 695 g/mol. The molecule has 2 aromatic heterocycles. The Kier molecular flexibility index (Phi) is 10.2. The molecule has 1 aliphatic heterocycles. The van der Waals surface area contributed by atoms with Gasteiger partial charge in [0.05, 0.1) is 10.2 Å². The first-order chi connectivity index (χ1) is 21.1. The highest BCUT2D eigenvalue weighted by molar-refractivity contribution is 9.10. The predicted molar refractivity (Wildman–Crippen MR) is 168 cm³/mol. The topological polar surface area (TPSA) is 112 Å². The lowest BCUT2D eigenvalue weighted by atomic mass is 9.77. The van der Waals surface area contributed by atoms with Crippen LogP contribution in [0.5, 0.6) is 5.88 Å². The SMILES string of the molecule is C=CC(=O)Nc1cc(Nc2ncnc(N3CCC(C)(C)c4cc(F)c(Br)cc43)n2)c(OCC(F)(F)F)nc1N(C)CCN(C)C. The summed E-state index contributed by atoms with van der Waals surface area (Å²) in [4.78, 5) is 35.1. The molecule has 1 aromatic carbocycles. The largest absolute Gasteiger partial charge is 0.466 e. The number of benzene rings is 1. The number of ether oxygens (including phenoxy) is 1. The van der Waals surface area contributed by atoms with Crippen molar-refractivity contribution in [3.63, 3.8) is 0 Å². The van der Waals surface area contributed by atoms with E-state index in [4.69, 9.17) is 4.74 Å². The molecule has 2 N–H and O–H groups in total. The fourth-order valence-corrected chi connectivity index (χ4v) is 4.95. The summed E-state index contributed by atoms with van der Waals surface area (Å²) in [6.07, 6.45) is -1.67. The van der Waals surface area contributed by atoms with Gasteiger partial charge in [-0.05, 0) is 71.7 Å². The van der Waals surface area contributed by atoms with Crippen molar-refractivity contribution in [1.29, 1.82) is 0 Å². The van der Waals surface area contributed by atoms with Gasteiger partial charge < -0.3 is 30.1 Å². The smallest absolute Gasteiger partial charge is 0.422 e. The van der Waals surface area contributed by atoms with E-state index in [0.29, 0.717) is 31.7 Å². The maximum Gasteiger partial charge on any atom is 0.422 e. The van der Waals surface area contributed by atoms with E-state index >= 15 is 0 Å². The molecule has 3 aromatic rings. The second-order valence-corrected chi connectivity index (χ2v) is 12.2. The van der Waals surface area contributed by atoms with Gasteiger partial charge in [-0.2, -0.15) is 23.1 Å². The quantitative estimate of drug-likeness (QED) is 0.189. The lowest BCUT2D eigenvalue weighted by Gasteiger charge is -2.39. The third kappa shape index (κ3) is 8.36. The van der Waals surface area contributed by atoms with Gasteiger partial charge in [-0.1, -0.05) is 20.4 Å². The summed E-state index contributed by atoms with van der Waals surface area (Å²) in [5, 5.41) is 5.54. The van der Waals surface area contributed by atoms with Crippen molar-refractivity contribution >= 4 is 56.6 Å². The van der Waals surface area contributed by atoms with Crippen LogP contribution in [0.1, 0.15) is 25.8 Å². The number of pyridine rings is 1. The molecule has 1 aliphatic rings. The van der Waals surface area contributed by atoms with Crippen molar-refractivity contribution in [2.45, 2.75) is 31.9 Å². The van der Waals surface area contributed by atoms with E-state index < -0.39 is 24.5 Å². The molecule has 0 aliphatic carbocycles. The molecule has 11 nitrogen and oxygen atoms in total. The van der Waals surface area contributed by atoms with Crippen LogP contribution in [0.4, 0.5) is 52.3 Å². The van der Waals surface area contributed by atoms with Gasteiger partial charge in [0.2, 0.25) is 23.7 Å². The number of hydrogen-bond acceptors (Lipinski definition) is 10. The molecule has 0 saturated carbocycles. The van der Waals surface area contributed by atoms with Gasteiger partial charge in [-0.25, -0.2) is 14.4 Å². The van der Waals surface area contributed by atoms with Gasteiger partial charge in [0, 0.05) is 32.4 Å². The average molecular weight is 697 g/mol. The fourth-order valence-electron chi connectivity index (χ4n) is 4.61. The molecule has 0 bridgehead atoms. The number of nitrogens with zero attached hydrogens (tertiary/aromatic N) is 7. The summed E-state index contributed by atoms with van der Waals surface area (Å²) in [6, 6.07) is 4.54. The standard InChI is InChI=1S/C29H34BrF4N9O2/c1-7-23(44)37-20-14-21(25(45-15-29(32,33)34)39-24(20)42(6)11-10-41(4)5)38-26-35-16-36-27(40-26)43-9-8-28(2,3)17-12-19(31)18(30)13-22(17)43/h7,12-14,16H,1,8-11,15H2,2-6H3,(H,37,44)(H,35,36,38,40). The summed E-state index contributed by atoms with van der Waals surface area (Å²) in [6.45, 7) is 7.45. The van der Waals surface area contributed by atoms with Crippen LogP contribution in [0.25, 0.3) is 0 Å². The predicted octanol–water partition coefficient (Wildman–Crippen LogP) is 5.79. The van der Waals surface area contributed by atoms with Crippen LogP contribution in [0, 0.1) is 5.82 Å². The highest BCUT2D eigenvalue weighted by atomic mass is 79.9. The molecule has 3 heterocycles. The molecule has 242 valence electrons. The minimum Gasteiger partial charge on any atom is -0.466 e. The van der Waals surface area contributed by atoms with E-state index in [-0.39, 0.29) is 44.9 Å². The number of alkyl halides is 3. The zero-order chi connectivity index (χ0) is 33.1. The Hall–Kier alpha value is -4.05. The Morgan fingerprint density at radius 3 is 2.56 bits per heavy atom. The Morgan fingerprint density at radius 2 is 1.89 bits per heavy atom. The Labute approximate surface area is 266 Å². The maximum atomic E-state index is 14.5. The van der Waals surface area contributed by atoms with Crippen LogP contribution in [0.2, 0.25) is 0 Å². The molecule has 0 saturated heterocycles. The van der Waals surface area contributed by atoms with Gasteiger partial charge in [0.15, 0.2) is 12.4 Å². The average Bonchev–Trinajstić information content (AvgIpc) is 2.96. The Bertz CT molecular complexity index is 1570. The van der Waals surface area contributed by atoms with E-state index in [1.807, 2.05) is 37.7 Å². The molecular formula is C29H34BrF4N9O2. The molecule has 0 atom stereocenters. The second kappa shape index (κ2) is 13.5. The van der Waals surface area contributed by atoms with Gasteiger partial charge in [-0.3, -0.25) is 4.79 Å². The number of halogens is 5. The molecule has 1 amide bonds. The van der Waals surface area contributed by atoms with Crippen molar-refractivity contribution < 1.29 is 27.1 Å². The maximum absolute atomic E-state index is 14.5. The third-order valence-electron chi connectivity index (χ3n) is 7.09. The highest BCUT2D eigenvalue weighted by Gasteiger charge is 2.34. The number of carbonyl (C=O) groups is 1. The normalized spacial score (nSPS) is 14.2. The van der Waals surface area contributed by atoms with E-state index in [2.05, 4.69) is 53.1 Å². The van der Waals surface area contributed by atoms with Gasteiger partial charge in [0.1, 0.15) is 17.8 Å². The summed E-state index contributed by atoms with van der Waals surface area (Å²) in [7, 11) is 5.43. The second-order valence-electron chi connectivity index (χ2n) is 11.3. The molecule has 45 heavy (non-hydrogen) atoms. The van der Waals surface area contributed by atoms with E-state index in [9.17, 15) is 22.4 Å². The first kappa shape index (κ1) is 33.8. The minimum absolute atomic E-state index is 0.0269. The molecule has 0 unspecified atom stereocenters. The fraction of sp³-hybridized carbons (Fsp3) is 0.414. The number of nitrogens with one attached hydrogen (secondary N) is 2. The number of rotatable bonds is 11. The Morgan fingerprint density at radius 1 is 1.16 bits per heavy atom. The summed E-state index contributed by atoms with van der Waals surface area (Å²) >= 11 is 3.26. The van der Waals surface area contributed by atoms with Crippen molar-refractivity contribution in [2.24, 2.45) is 0 Å². The number of amides is 1. The molecular weight excluding hydrogens is 662 g/mol. The van der Waals surface area contributed by atoms with E-state index in [1.54, 1.807) is 18.0 Å². The zero-order valence-electron chi connectivity index (χ0n) is 25.5. The van der Waals surface area contributed by atoms with E-state index in [1.165, 1.54) is 18.5 Å². The number of fused-ring (bicyclic) bond motifs is 1. The summed E-state index contributed by atoms with van der Waals surface area (Å²) < 4.78 is 59.6. The molecule has 16 heteroatoms. The van der Waals surface area contributed by atoms with Gasteiger partial charge in [0.25, 0.3) is 0 Å². The van der Waals surface area contributed by atoms with Crippen LogP contribution in [-0.2, 0) is 10.2 Å².